The van der Waals surface area contributed by atoms with Gasteiger partial charge in [-0.25, -0.2) is 19.6 Å². The number of aromatic amines is 2. The third-order valence-electron chi connectivity index (χ3n) is 8.04. The Morgan fingerprint density at radius 1 is 0.660 bits per heavy atom. The van der Waals surface area contributed by atoms with E-state index in [1.54, 1.807) is 39.8 Å². The van der Waals surface area contributed by atoms with Crippen LogP contribution >= 0.6 is 0 Å². The van der Waals surface area contributed by atoms with E-state index in [4.69, 9.17) is 14.6 Å². The fourth-order valence-electron chi connectivity index (χ4n) is 5.50. The number of halogens is 6. The van der Waals surface area contributed by atoms with Crippen molar-refractivity contribution in [3.63, 3.8) is 0 Å². The van der Waals surface area contributed by atoms with Gasteiger partial charge in [0, 0.05) is 11.1 Å². The summed E-state index contributed by atoms with van der Waals surface area (Å²) in [6.07, 6.45) is -9.32. The lowest BCUT2D eigenvalue weighted by atomic mass is 9.97. The number of hydrogen-bond donors (Lipinski definition) is 3. The zero-order chi connectivity index (χ0) is 39.2. The average Bonchev–Trinajstić information content (AvgIpc) is 3.74. The number of aryl methyl sites for hydroxylation is 4. The Bertz CT molecular complexity index is 2090. The number of ether oxygens (including phenoxy) is 3. The molecule has 0 aliphatic heterocycles. The second-order valence-corrected chi connectivity index (χ2v) is 11.9. The number of nitrogens with one attached hydrogen (secondary N) is 2. The van der Waals surface area contributed by atoms with Crippen LogP contribution in [-0.2, 0) is 46.4 Å². The number of aliphatic hydroxyl groups excluding tert-OH is 1. The molecule has 53 heavy (non-hydrogen) atoms. The number of H-pyrrole nitrogens is 2. The van der Waals surface area contributed by atoms with Gasteiger partial charge in [-0.05, 0) is 67.6 Å². The molecule has 0 aliphatic carbocycles. The molecule has 0 fully saturated rings. The number of alkyl halides is 6. The van der Waals surface area contributed by atoms with Crippen LogP contribution in [0.5, 0.6) is 0 Å². The third-order valence-corrected chi connectivity index (χ3v) is 8.04. The van der Waals surface area contributed by atoms with Crippen molar-refractivity contribution in [2.75, 3.05) is 14.2 Å². The molecular weight excluding hydrogens is 710 g/mol. The number of carbonyl (C=O) groups is 2. The minimum atomic E-state index is -4.67. The molecule has 0 spiro atoms. The number of aromatic nitrogens is 4. The second kappa shape index (κ2) is 16.5. The fraction of sp³-hybridized carbons (Fsp3) is 0.297. The van der Waals surface area contributed by atoms with Crippen molar-refractivity contribution < 1.29 is 55.2 Å². The van der Waals surface area contributed by atoms with E-state index in [9.17, 15) is 35.9 Å². The Labute approximate surface area is 300 Å². The molecule has 282 valence electrons. The lowest BCUT2D eigenvalue weighted by Gasteiger charge is -2.12. The summed E-state index contributed by atoms with van der Waals surface area (Å²) in [6.45, 7) is 6.12. The number of hydrogen-bond acceptors (Lipinski definition) is 8. The van der Waals surface area contributed by atoms with Crippen LogP contribution in [-0.4, -0.2) is 51.2 Å². The van der Waals surface area contributed by atoms with Crippen LogP contribution in [0, 0.1) is 27.7 Å². The Morgan fingerprint density at radius 2 is 1.09 bits per heavy atom. The molecule has 0 bridgehead atoms. The highest BCUT2D eigenvalue weighted by atomic mass is 19.4. The molecule has 2 heterocycles. The number of aliphatic hydroxyl groups is 1. The normalized spacial score (nSPS) is 11.6. The van der Waals surface area contributed by atoms with Crippen LogP contribution in [0.1, 0.15) is 71.6 Å². The summed E-state index contributed by atoms with van der Waals surface area (Å²) < 4.78 is 95.4. The van der Waals surface area contributed by atoms with Gasteiger partial charge in [0.25, 0.3) is 0 Å². The zero-order valence-electron chi connectivity index (χ0n) is 29.5. The van der Waals surface area contributed by atoms with Crippen molar-refractivity contribution in [3.05, 3.63) is 117 Å². The minimum Gasteiger partial charge on any atom is -0.465 e. The lowest BCUT2D eigenvalue weighted by Crippen LogP contribution is -2.09. The van der Waals surface area contributed by atoms with Gasteiger partial charge in [0.05, 0.1) is 32.0 Å². The molecule has 0 unspecified atom stereocenters. The van der Waals surface area contributed by atoms with Crippen LogP contribution in [0.2, 0.25) is 0 Å². The molecule has 3 N–H and O–H groups in total. The smallest absolute Gasteiger partial charge is 0.433 e. The predicted molar refractivity (Wildman–Crippen MR) is 181 cm³/mol. The lowest BCUT2D eigenvalue weighted by molar-refractivity contribution is -0.141. The topological polar surface area (TPSA) is 139 Å². The molecule has 5 aromatic rings. The molecule has 16 heteroatoms. The molecule has 0 saturated carbocycles. The SMILES string of the molecule is COC(=O)c1cc(-c2nc(CO)[nH]c2C(F)(F)F)c(C)cc1C.COC(=O)c1cc(-c2nc(COCc3ccccc3)[nH]c2C(F)(F)F)c(C)cc1C. The van der Waals surface area contributed by atoms with Crippen molar-refractivity contribution in [1.82, 2.24) is 19.9 Å². The minimum absolute atomic E-state index is 0.0489. The summed E-state index contributed by atoms with van der Waals surface area (Å²) in [4.78, 5) is 36.1. The van der Waals surface area contributed by atoms with Gasteiger partial charge in [-0.1, -0.05) is 42.5 Å². The average molecular weight is 747 g/mol. The first-order chi connectivity index (χ1) is 24.9. The maximum atomic E-state index is 13.7. The van der Waals surface area contributed by atoms with Crippen LogP contribution < -0.4 is 0 Å². The third kappa shape index (κ3) is 9.50. The van der Waals surface area contributed by atoms with Crippen LogP contribution in [0.15, 0.2) is 54.6 Å². The first-order valence-electron chi connectivity index (χ1n) is 15.8. The molecule has 0 aliphatic rings. The Balaban J connectivity index is 0.000000245. The Hall–Kier alpha value is -5.48. The van der Waals surface area contributed by atoms with Gasteiger partial charge in [0.2, 0.25) is 0 Å². The van der Waals surface area contributed by atoms with Crippen molar-refractivity contribution in [1.29, 1.82) is 0 Å². The number of methoxy groups -OCH3 is 2. The van der Waals surface area contributed by atoms with Gasteiger partial charge in [0.15, 0.2) is 0 Å². The maximum Gasteiger partial charge on any atom is 0.433 e. The standard InChI is InChI=1S/C22H21F3N2O3.C15H15F3N2O3/c1-13-9-14(2)17(21(28)29-3)10-16(13)19-20(22(23,24)25)27-18(26-19)12-30-11-15-7-5-4-6-8-15;1-7-4-8(2)10(14(22)23-3)5-9(7)12-13(15(16,17)18)20-11(6-21)19-12/h4-10H,11-12H2,1-3H3,(H,26,27);4-5,21H,6H2,1-3H3,(H,19,20). The summed E-state index contributed by atoms with van der Waals surface area (Å²) >= 11 is 0. The number of nitrogens with zero attached hydrogens (tertiary/aromatic N) is 2. The largest absolute Gasteiger partial charge is 0.465 e. The number of carbonyl (C=O) groups excluding carboxylic acids is 2. The van der Waals surface area contributed by atoms with Gasteiger partial charge in [-0.3, -0.25) is 0 Å². The maximum absolute atomic E-state index is 13.7. The zero-order valence-corrected chi connectivity index (χ0v) is 29.5. The molecule has 0 atom stereocenters. The summed E-state index contributed by atoms with van der Waals surface area (Å²) in [5.74, 6) is -1.42. The summed E-state index contributed by atoms with van der Waals surface area (Å²) in [5.41, 5.74) is 1.22. The monoisotopic (exact) mass is 746 g/mol. The van der Waals surface area contributed by atoms with E-state index in [1.807, 2.05) is 30.3 Å². The van der Waals surface area contributed by atoms with E-state index in [0.717, 1.165) is 5.56 Å². The molecule has 0 radical (unpaired) electrons. The van der Waals surface area contributed by atoms with Gasteiger partial charge < -0.3 is 29.3 Å². The first kappa shape index (κ1) is 40.3. The van der Waals surface area contributed by atoms with E-state index in [2.05, 4.69) is 24.7 Å². The predicted octanol–water partition coefficient (Wildman–Crippen LogP) is 8.21. The van der Waals surface area contributed by atoms with Gasteiger partial charge in [-0.15, -0.1) is 0 Å². The number of rotatable bonds is 9. The van der Waals surface area contributed by atoms with E-state index >= 15 is 0 Å². The van der Waals surface area contributed by atoms with Crippen molar-refractivity contribution in [3.8, 4) is 22.5 Å². The van der Waals surface area contributed by atoms with Gasteiger partial charge in [-0.2, -0.15) is 26.3 Å². The first-order valence-corrected chi connectivity index (χ1v) is 15.8. The van der Waals surface area contributed by atoms with E-state index in [-0.39, 0.29) is 58.5 Å². The van der Waals surface area contributed by atoms with Crippen LogP contribution in [0.4, 0.5) is 26.3 Å². The molecule has 0 amide bonds. The Kier molecular flexibility index (Phi) is 12.5. The number of esters is 2. The van der Waals surface area contributed by atoms with Gasteiger partial charge >= 0.3 is 24.3 Å². The van der Waals surface area contributed by atoms with Crippen molar-refractivity contribution >= 4 is 11.9 Å². The van der Waals surface area contributed by atoms with Crippen LogP contribution in [0.3, 0.4) is 0 Å². The fourth-order valence-corrected chi connectivity index (χ4v) is 5.50. The number of imidazole rings is 2. The highest BCUT2D eigenvalue weighted by Gasteiger charge is 2.39. The molecule has 3 aromatic carbocycles. The highest BCUT2D eigenvalue weighted by Crippen LogP contribution is 2.39. The summed E-state index contributed by atoms with van der Waals surface area (Å²) in [5, 5.41) is 9.05. The van der Waals surface area contributed by atoms with Crippen molar-refractivity contribution in [2.24, 2.45) is 0 Å². The van der Waals surface area contributed by atoms with E-state index < -0.39 is 42.3 Å². The van der Waals surface area contributed by atoms with E-state index in [0.29, 0.717) is 22.3 Å². The van der Waals surface area contributed by atoms with Crippen LogP contribution in [0.25, 0.3) is 22.5 Å². The van der Waals surface area contributed by atoms with Crippen molar-refractivity contribution in [2.45, 2.75) is 59.9 Å². The molecule has 5 rings (SSSR count). The number of benzene rings is 3. The van der Waals surface area contributed by atoms with E-state index in [1.165, 1.54) is 26.4 Å². The highest BCUT2D eigenvalue weighted by molar-refractivity contribution is 5.93. The molecule has 0 saturated heterocycles. The Morgan fingerprint density at radius 3 is 1.51 bits per heavy atom. The molecule has 2 aromatic heterocycles. The van der Waals surface area contributed by atoms with Gasteiger partial charge in [0.1, 0.15) is 47.6 Å². The second-order valence-electron chi connectivity index (χ2n) is 11.9. The summed E-state index contributed by atoms with van der Waals surface area (Å²) in [7, 11) is 2.42. The molecule has 10 nitrogen and oxygen atoms in total. The quantitative estimate of drug-likeness (QED) is 0.101. The molecular formula is C37H36F6N4O6. The summed E-state index contributed by atoms with van der Waals surface area (Å²) in [6, 6.07) is 15.2.